The molecule has 1 amide bonds. The number of carbonyl (C=O) groups is 2. The van der Waals surface area contributed by atoms with Crippen LogP contribution in [0.2, 0.25) is 0 Å². The van der Waals surface area contributed by atoms with Crippen LogP contribution in [0.4, 0.5) is 19.1 Å². The number of nitrogens with zero attached hydrogens (tertiary/aromatic N) is 6. The largest absolute Gasteiger partial charge is 0.419 e. The first-order chi connectivity index (χ1) is 22.6. The Morgan fingerprint density at radius 2 is 1.89 bits per heavy atom. The van der Waals surface area contributed by atoms with Crippen molar-refractivity contribution in [3.63, 3.8) is 0 Å². The molecule has 1 unspecified atom stereocenters. The molecule has 3 aliphatic rings. The monoisotopic (exact) mass is 672 g/mol. The number of nitrogens with one attached hydrogen (secondary N) is 2. The lowest BCUT2D eigenvalue weighted by atomic mass is 9.61. The second kappa shape index (κ2) is 14.1. The number of anilines is 1. The fourth-order valence-electron chi connectivity index (χ4n) is 7.46. The molecular weight excluding hydrogens is 629 g/mol. The Morgan fingerprint density at radius 1 is 1.17 bits per heavy atom. The summed E-state index contributed by atoms with van der Waals surface area (Å²) in [5, 5.41) is 11.6. The van der Waals surface area contributed by atoms with Gasteiger partial charge in [0, 0.05) is 68.6 Å². The zero-order valence-electron chi connectivity index (χ0n) is 26.9. The van der Waals surface area contributed by atoms with E-state index in [1.54, 1.807) is 7.05 Å². The summed E-state index contributed by atoms with van der Waals surface area (Å²) in [7, 11) is 3.53. The van der Waals surface area contributed by atoms with E-state index in [4.69, 9.17) is 5.10 Å². The van der Waals surface area contributed by atoms with Crippen molar-refractivity contribution in [2.24, 2.45) is 12.5 Å². The van der Waals surface area contributed by atoms with Crippen molar-refractivity contribution in [2.75, 3.05) is 50.8 Å². The molecule has 1 aromatic carbocycles. The van der Waals surface area contributed by atoms with E-state index in [2.05, 4.69) is 48.0 Å². The zero-order valence-corrected chi connectivity index (χ0v) is 27.7. The van der Waals surface area contributed by atoms with Crippen LogP contribution < -0.4 is 10.6 Å². The van der Waals surface area contributed by atoms with E-state index in [1.807, 2.05) is 23.7 Å². The number of benzene rings is 1. The molecule has 14 heteroatoms. The summed E-state index contributed by atoms with van der Waals surface area (Å²) < 4.78 is 42.5. The van der Waals surface area contributed by atoms with E-state index < -0.39 is 17.7 Å². The number of amides is 1. The molecule has 2 saturated heterocycles. The highest BCUT2D eigenvalue weighted by Crippen LogP contribution is 2.51. The minimum Gasteiger partial charge on any atom is -0.359 e. The Balaban J connectivity index is 0.888. The molecular formula is C33H43F3N8O2S. The first-order valence-corrected chi connectivity index (χ1v) is 17.4. The predicted octanol–water partition coefficient (Wildman–Crippen LogP) is 4.99. The Bertz CT molecular complexity index is 1540. The van der Waals surface area contributed by atoms with Gasteiger partial charge >= 0.3 is 6.18 Å². The van der Waals surface area contributed by atoms with Gasteiger partial charge in [0.25, 0.3) is 0 Å². The number of alkyl halides is 3. The van der Waals surface area contributed by atoms with Gasteiger partial charge in [-0.1, -0.05) is 24.1 Å². The van der Waals surface area contributed by atoms with E-state index in [-0.39, 0.29) is 17.9 Å². The third-order valence-electron chi connectivity index (χ3n) is 10.0. The Labute approximate surface area is 277 Å². The van der Waals surface area contributed by atoms with Gasteiger partial charge in [0.2, 0.25) is 11.9 Å². The maximum atomic E-state index is 12.7. The van der Waals surface area contributed by atoms with Gasteiger partial charge in [-0.15, -0.1) is 0 Å². The summed E-state index contributed by atoms with van der Waals surface area (Å²) in [5.74, 6) is 1.29. The van der Waals surface area contributed by atoms with Gasteiger partial charge in [0.15, 0.2) is 0 Å². The SMILES string of the molecule is CNC(=O)C(CCC=O)c1nn(C)c2cc(C3CCN(CCCSN4CC5(CC(Nc6ncc(C(F)(F)F)cn6)C5)C4)CC3)ccc12. The van der Waals surface area contributed by atoms with Crippen LogP contribution in [0.3, 0.4) is 0 Å². The van der Waals surface area contributed by atoms with Crippen molar-refractivity contribution in [1.82, 2.24) is 34.3 Å². The number of likely N-dealkylation sites (tertiary alicyclic amines) is 1. The first-order valence-electron chi connectivity index (χ1n) is 16.5. The molecule has 2 aliphatic heterocycles. The molecule has 1 saturated carbocycles. The molecule has 1 spiro atoms. The molecule has 2 N–H and O–H groups in total. The van der Waals surface area contributed by atoms with E-state index in [1.165, 1.54) is 5.56 Å². The summed E-state index contributed by atoms with van der Waals surface area (Å²) in [4.78, 5) is 33.8. The third-order valence-corrected chi connectivity index (χ3v) is 11.1. The average molecular weight is 673 g/mol. The van der Waals surface area contributed by atoms with Crippen LogP contribution >= 0.6 is 11.9 Å². The molecule has 3 fully saturated rings. The number of fused-ring (bicyclic) bond motifs is 1. The molecule has 3 aromatic rings. The normalized spacial score (nSPS) is 19.8. The van der Waals surface area contributed by atoms with Gasteiger partial charge in [-0.05, 0) is 75.7 Å². The van der Waals surface area contributed by atoms with Gasteiger partial charge in [-0.25, -0.2) is 14.3 Å². The molecule has 1 aliphatic carbocycles. The summed E-state index contributed by atoms with van der Waals surface area (Å²) in [6, 6.07) is 6.73. The molecule has 47 heavy (non-hydrogen) atoms. The topological polar surface area (TPSA) is 108 Å². The number of rotatable bonds is 13. The minimum atomic E-state index is -4.42. The molecule has 2 aromatic heterocycles. The van der Waals surface area contributed by atoms with E-state index >= 15 is 0 Å². The van der Waals surface area contributed by atoms with Crippen LogP contribution in [0, 0.1) is 5.41 Å². The standard InChI is InChI=1S/C33H43F3N8O2S/c1-37-30(46)27(5-3-13-45)29-26-7-6-23(15-28(26)42(2)41-29)22-8-11-43(12-9-22)10-4-14-47-44-20-32(21-44)16-25(17-32)40-31-38-18-24(19-39-31)33(34,35)36/h6-7,13,15,18-19,22,25,27H,3-5,8-12,14,16-17,20-21H2,1-2H3,(H,37,46)(H,38,39,40). The van der Waals surface area contributed by atoms with Crippen LogP contribution in [0.15, 0.2) is 30.6 Å². The van der Waals surface area contributed by atoms with Crippen LogP contribution in [-0.2, 0) is 22.8 Å². The second-order valence-corrected chi connectivity index (χ2v) is 14.5. The van der Waals surface area contributed by atoms with E-state index in [9.17, 15) is 22.8 Å². The number of piperidine rings is 1. The maximum absolute atomic E-state index is 12.7. The Kier molecular flexibility index (Phi) is 10.1. The van der Waals surface area contributed by atoms with Crippen molar-refractivity contribution < 1.29 is 22.8 Å². The minimum absolute atomic E-state index is 0.118. The fourth-order valence-corrected chi connectivity index (χ4v) is 8.70. The van der Waals surface area contributed by atoms with Crippen LogP contribution in [0.25, 0.3) is 10.9 Å². The Morgan fingerprint density at radius 3 is 2.55 bits per heavy atom. The van der Waals surface area contributed by atoms with Crippen LogP contribution in [-0.4, -0.2) is 92.7 Å². The average Bonchev–Trinajstić information content (AvgIpc) is 3.35. The second-order valence-electron chi connectivity index (χ2n) is 13.3. The van der Waals surface area contributed by atoms with Crippen molar-refractivity contribution >= 4 is 41.0 Å². The number of halogens is 3. The van der Waals surface area contributed by atoms with Crippen molar-refractivity contribution in [2.45, 2.75) is 69.0 Å². The van der Waals surface area contributed by atoms with Gasteiger partial charge < -0.3 is 20.3 Å². The molecule has 4 heterocycles. The molecule has 0 bridgehead atoms. The zero-order chi connectivity index (χ0) is 33.2. The summed E-state index contributed by atoms with van der Waals surface area (Å²) in [6.07, 6.45) is 4.23. The lowest BCUT2D eigenvalue weighted by Crippen LogP contribution is -2.62. The molecule has 0 radical (unpaired) electrons. The first kappa shape index (κ1) is 33.7. The number of carbonyl (C=O) groups excluding carboxylic acids is 2. The summed E-state index contributed by atoms with van der Waals surface area (Å²) >= 11 is 1.93. The quantitative estimate of drug-likeness (QED) is 0.148. The number of hydrogen-bond donors (Lipinski definition) is 2. The number of aldehydes is 1. The summed E-state index contributed by atoms with van der Waals surface area (Å²) in [6.45, 7) is 5.38. The number of aryl methyl sites for hydroxylation is 1. The molecule has 10 nitrogen and oxygen atoms in total. The van der Waals surface area contributed by atoms with Crippen molar-refractivity contribution in [3.8, 4) is 0 Å². The maximum Gasteiger partial charge on any atom is 0.419 e. The number of hydrogen-bond acceptors (Lipinski definition) is 9. The number of likely N-dealkylation sites (N-methyl/N-ethyl adjacent to an activating group) is 1. The van der Waals surface area contributed by atoms with Gasteiger partial charge in [0.05, 0.1) is 22.7 Å². The highest BCUT2D eigenvalue weighted by molar-refractivity contribution is 7.97. The highest BCUT2D eigenvalue weighted by Gasteiger charge is 2.52. The van der Waals surface area contributed by atoms with Crippen LogP contribution in [0.5, 0.6) is 0 Å². The molecule has 1 atom stereocenters. The third kappa shape index (κ3) is 7.59. The molecule has 254 valence electrons. The Hall–Kier alpha value is -3.23. The van der Waals surface area contributed by atoms with Gasteiger partial charge in [-0.3, -0.25) is 9.48 Å². The predicted molar refractivity (Wildman–Crippen MR) is 176 cm³/mol. The van der Waals surface area contributed by atoms with Crippen LogP contribution in [0.1, 0.15) is 73.6 Å². The summed E-state index contributed by atoms with van der Waals surface area (Å²) in [5.41, 5.74) is 2.56. The smallest absolute Gasteiger partial charge is 0.359 e. The molecule has 6 rings (SSSR count). The number of aromatic nitrogens is 4. The lowest BCUT2D eigenvalue weighted by Gasteiger charge is -2.58. The highest BCUT2D eigenvalue weighted by atomic mass is 32.2. The van der Waals surface area contributed by atoms with E-state index in [0.29, 0.717) is 24.2 Å². The van der Waals surface area contributed by atoms with Crippen molar-refractivity contribution in [1.29, 1.82) is 0 Å². The van der Waals surface area contributed by atoms with E-state index in [0.717, 1.165) is 106 Å². The van der Waals surface area contributed by atoms with Crippen molar-refractivity contribution in [3.05, 3.63) is 47.4 Å². The van der Waals surface area contributed by atoms with Gasteiger partial charge in [0.1, 0.15) is 6.29 Å². The van der Waals surface area contributed by atoms with Gasteiger partial charge in [-0.2, -0.15) is 18.3 Å². The fraction of sp³-hybridized carbons (Fsp3) is 0.606. The lowest BCUT2D eigenvalue weighted by molar-refractivity contribution is -0.138.